The smallest absolute Gasteiger partial charge is 0.319 e. The number of fused-ring (bicyclic) bond motifs is 3. The molecule has 1 saturated carbocycles. The summed E-state index contributed by atoms with van der Waals surface area (Å²) in [7, 11) is 0. The lowest BCUT2D eigenvalue weighted by Crippen LogP contribution is -2.55. The summed E-state index contributed by atoms with van der Waals surface area (Å²) in [6.45, 7) is 2.68. The average Bonchev–Trinajstić information content (AvgIpc) is 3.00. The van der Waals surface area contributed by atoms with Gasteiger partial charge in [0.25, 0.3) is 0 Å². The molecule has 7 heteroatoms. The van der Waals surface area contributed by atoms with Crippen LogP contribution in [0.3, 0.4) is 0 Å². The first-order valence-electron chi connectivity index (χ1n) is 9.48. The summed E-state index contributed by atoms with van der Waals surface area (Å²) in [6.07, 6.45) is 1.52. The van der Waals surface area contributed by atoms with Gasteiger partial charge in [-0.1, -0.05) is 25.1 Å². The highest BCUT2D eigenvalue weighted by atomic mass is 16.4. The number of nitrogens with one attached hydrogen (secondary N) is 2. The number of benzene rings is 2. The van der Waals surface area contributed by atoms with Gasteiger partial charge in [0.15, 0.2) is 0 Å². The zero-order chi connectivity index (χ0) is 19.7. The first-order chi connectivity index (χ1) is 13.5. The third-order valence-corrected chi connectivity index (χ3v) is 5.35. The number of carbonyl (C=O) groups is 2. The van der Waals surface area contributed by atoms with Crippen molar-refractivity contribution < 1.29 is 19.1 Å². The Kier molecular flexibility index (Phi) is 4.92. The van der Waals surface area contributed by atoms with Gasteiger partial charge in [-0.2, -0.15) is 0 Å². The molecule has 1 fully saturated rings. The van der Waals surface area contributed by atoms with Crippen LogP contribution >= 0.6 is 0 Å². The number of aliphatic carboxylic acids is 1. The van der Waals surface area contributed by atoms with Crippen LogP contribution in [0.1, 0.15) is 19.8 Å². The van der Waals surface area contributed by atoms with E-state index in [4.69, 9.17) is 9.52 Å². The number of carboxylic acid groups (broad SMARTS) is 1. The Balaban J connectivity index is 1.34. The number of furan rings is 1. The summed E-state index contributed by atoms with van der Waals surface area (Å²) in [5.74, 6) is -0.822. The second-order valence-electron chi connectivity index (χ2n) is 7.19. The molecule has 0 bridgehead atoms. The minimum atomic E-state index is -0.822. The third kappa shape index (κ3) is 3.66. The lowest BCUT2D eigenvalue weighted by atomic mass is 9.85. The number of para-hydroxylation sites is 1. The molecule has 0 unspecified atom stereocenters. The molecule has 28 heavy (non-hydrogen) atoms. The Bertz CT molecular complexity index is 1020. The molecule has 0 saturated heterocycles. The maximum Gasteiger partial charge on any atom is 0.319 e. The number of nitrogens with zero attached hydrogens (tertiary/aromatic N) is 1. The van der Waals surface area contributed by atoms with Gasteiger partial charge in [0, 0.05) is 34.6 Å². The quantitative estimate of drug-likeness (QED) is 0.606. The molecule has 2 amide bonds. The Morgan fingerprint density at radius 1 is 1.14 bits per heavy atom. The van der Waals surface area contributed by atoms with Crippen molar-refractivity contribution in [1.29, 1.82) is 0 Å². The fourth-order valence-electron chi connectivity index (χ4n) is 3.83. The zero-order valence-corrected chi connectivity index (χ0v) is 15.6. The van der Waals surface area contributed by atoms with E-state index in [2.05, 4.69) is 10.6 Å². The summed E-state index contributed by atoms with van der Waals surface area (Å²) in [4.78, 5) is 25.1. The molecule has 2 aromatic carbocycles. The molecule has 0 atom stereocenters. The summed E-state index contributed by atoms with van der Waals surface area (Å²) >= 11 is 0. The fourth-order valence-corrected chi connectivity index (χ4v) is 3.83. The molecular formula is C21H23N3O4. The van der Waals surface area contributed by atoms with E-state index >= 15 is 0 Å². The molecule has 0 aliphatic heterocycles. The van der Waals surface area contributed by atoms with Gasteiger partial charge in [-0.05, 0) is 37.6 Å². The first-order valence-corrected chi connectivity index (χ1v) is 9.48. The maximum absolute atomic E-state index is 12.3. The molecular weight excluding hydrogens is 358 g/mol. The fraction of sp³-hybridized carbons (Fsp3) is 0.333. The number of carboxylic acids is 1. The molecule has 3 N–H and O–H groups in total. The van der Waals surface area contributed by atoms with Crippen LogP contribution in [0.4, 0.5) is 10.5 Å². The molecule has 1 aliphatic carbocycles. The van der Waals surface area contributed by atoms with Gasteiger partial charge in [0.2, 0.25) is 0 Å². The summed E-state index contributed by atoms with van der Waals surface area (Å²) in [6, 6.07) is 13.5. The average molecular weight is 381 g/mol. The molecule has 1 aliphatic rings. The molecule has 3 aromatic rings. The van der Waals surface area contributed by atoms with Crippen LogP contribution in [0.25, 0.3) is 21.9 Å². The zero-order valence-electron chi connectivity index (χ0n) is 15.6. The number of anilines is 1. The largest absolute Gasteiger partial charge is 0.480 e. The number of hydrogen-bond acceptors (Lipinski definition) is 4. The van der Waals surface area contributed by atoms with Crippen molar-refractivity contribution in [2.45, 2.75) is 31.8 Å². The second kappa shape index (κ2) is 7.52. The predicted octanol–water partition coefficient (Wildman–Crippen LogP) is 3.65. The number of amides is 2. The highest BCUT2D eigenvalue weighted by Gasteiger charge is 2.34. The van der Waals surface area contributed by atoms with Crippen LogP contribution in [-0.2, 0) is 4.79 Å². The third-order valence-electron chi connectivity index (χ3n) is 5.35. The van der Waals surface area contributed by atoms with Crippen molar-refractivity contribution in [1.82, 2.24) is 10.2 Å². The lowest BCUT2D eigenvalue weighted by Gasteiger charge is -2.42. The number of carbonyl (C=O) groups excluding carboxylic acids is 1. The van der Waals surface area contributed by atoms with E-state index in [0.29, 0.717) is 12.2 Å². The van der Waals surface area contributed by atoms with Gasteiger partial charge >= 0.3 is 12.0 Å². The monoisotopic (exact) mass is 381 g/mol. The van der Waals surface area contributed by atoms with Gasteiger partial charge in [-0.3, -0.25) is 9.69 Å². The molecule has 4 rings (SSSR count). The van der Waals surface area contributed by atoms with E-state index in [0.717, 1.165) is 34.8 Å². The first kappa shape index (κ1) is 18.3. The maximum atomic E-state index is 12.3. The van der Waals surface area contributed by atoms with E-state index in [1.165, 1.54) is 0 Å². The Labute approximate surface area is 162 Å². The normalized spacial score (nSPS) is 18.9. The van der Waals surface area contributed by atoms with Crippen molar-refractivity contribution in [3.63, 3.8) is 0 Å². The Morgan fingerprint density at radius 3 is 2.64 bits per heavy atom. The number of rotatable bonds is 6. The predicted molar refractivity (Wildman–Crippen MR) is 108 cm³/mol. The van der Waals surface area contributed by atoms with E-state index in [9.17, 15) is 9.59 Å². The SMILES string of the molecule is CCN(CC(=O)O)C1CC(NC(=O)Nc2ccc3c(c2)oc2ccccc23)C1. The van der Waals surface area contributed by atoms with E-state index in [1.807, 2.05) is 54.3 Å². The molecule has 146 valence electrons. The van der Waals surface area contributed by atoms with E-state index < -0.39 is 5.97 Å². The van der Waals surface area contributed by atoms with Crippen molar-refractivity contribution in [2.24, 2.45) is 0 Å². The summed E-state index contributed by atoms with van der Waals surface area (Å²) < 4.78 is 5.85. The van der Waals surface area contributed by atoms with Crippen LogP contribution in [-0.4, -0.2) is 47.2 Å². The van der Waals surface area contributed by atoms with E-state index in [-0.39, 0.29) is 24.7 Å². The van der Waals surface area contributed by atoms with Gasteiger partial charge in [0.05, 0.1) is 6.54 Å². The van der Waals surface area contributed by atoms with Crippen LogP contribution in [0.2, 0.25) is 0 Å². The second-order valence-corrected chi connectivity index (χ2v) is 7.19. The highest BCUT2D eigenvalue weighted by Crippen LogP contribution is 2.30. The van der Waals surface area contributed by atoms with Gasteiger partial charge in [-0.25, -0.2) is 4.79 Å². The van der Waals surface area contributed by atoms with Gasteiger partial charge < -0.3 is 20.2 Å². The van der Waals surface area contributed by atoms with Crippen LogP contribution in [0, 0.1) is 0 Å². The van der Waals surface area contributed by atoms with Crippen molar-refractivity contribution in [2.75, 3.05) is 18.4 Å². The van der Waals surface area contributed by atoms with Crippen molar-refractivity contribution in [3.05, 3.63) is 42.5 Å². The van der Waals surface area contributed by atoms with E-state index in [1.54, 1.807) is 0 Å². The topological polar surface area (TPSA) is 94.8 Å². The number of hydrogen-bond donors (Lipinski definition) is 3. The van der Waals surface area contributed by atoms with Crippen LogP contribution in [0.5, 0.6) is 0 Å². The summed E-state index contributed by atoms with van der Waals surface area (Å²) in [5.41, 5.74) is 2.22. The van der Waals surface area contributed by atoms with Crippen molar-refractivity contribution >= 4 is 39.6 Å². The minimum Gasteiger partial charge on any atom is -0.480 e. The van der Waals surface area contributed by atoms with Crippen LogP contribution in [0.15, 0.2) is 46.9 Å². The van der Waals surface area contributed by atoms with Crippen LogP contribution < -0.4 is 10.6 Å². The van der Waals surface area contributed by atoms with Gasteiger partial charge in [-0.15, -0.1) is 0 Å². The molecule has 0 radical (unpaired) electrons. The van der Waals surface area contributed by atoms with Gasteiger partial charge in [0.1, 0.15) is 11.2 Å². The number of urea groups is 1. The molecule has 1 aromatic heterocycles. The lowest BCUT2D eigenvalue weighted by molar-refractivity contribution is -0.139. The Morgan fingerprint density at radius 2 is 1.89 bits per heavy atom. The summed E-state index contributed by atoms with van der Waals surface area (Å²) in [5, 5.41) is 16.8. The van der Waals surface area contributed by atoms with Crippen molar-refractivity contribution in [3.8, 4) is 0 Å². The minimum absolute atomic E-state index is 0.0393. The molecule has 0 spiro atoms. The molecule has 7 nitrogen and oxygen atoms in total. The number of likely N-dealkylation sites (N-methyl/N-ethyl adjacent to an activating group) is 1. The molecule has 1 heterocycles. The highest BCUT2D eigenvalue weighted by molar-refractivity contribution is 6.06. The Hall–Kier alpha value is -3.06. The standard InChI is InChI=1S/C21H23N3O4/c1-2-24(12-20(25)26)15-9-14(10-15)23-21(27)22-13-7-8-17-16-5-3-4-6-18(16)28-19(17)11-13/h3-8,11,14-15H,2,9-10,12H2,1H3,(H,25,26)(H2,22,23,27).